The minimum absolute atomic E-state index is 0.363. The summed E-state index contributed by atoms with van der Waals surface area (Å²) in [5.74, 6) is -1.47. The number of halogens is 4. The Labute approximate surface area is 174 Å². The van der Waals surface area contributed by atoms with Crippen molar-refractivity contribution in [2.45, 2.75) is 31.6 Å². The third kappa shape index (κ3) is 4.37. The molecule has 1 aliphatic heterocycles. The lowest BCUT2D eigenvalue weighted by Gasteiger charge is -2.24. The van der Waals surface area contributed by atoms with Gasteiger partial charge in [-0.2, -0.15) is 18.3 Å². The number of aryl methyl sites for hydroxylation is 1. The van der Waals surface area contributed by atoms with E-state index in [2.05, 4.69) is 15.4 Å². The van der Waals surface area contributed by atoms with Gasteiger partial charge in [-0.3, -0.25) is 9.48 Å². The number of nitrogens with zero attached hydrogens (tertiary/aromatic N) is 3. The topological polar surface area (TPSA) is 69.0 Å². The maximum absolute atomic E-state index is 13.7. The Morgan fingerprint density at radius 2 is 2.03 bits per heavy atom. The number of aromatic nitrogens is 3. The molecule has 1 atom stereocenters. The summed E-state index contributed by atoms with van der Waals surface area (Å²) in [6.45, 7) is 0.641. The molecule has 162 valence electrons. The van der Waals surface area contributed by atoms with E-state index in [-0.39, 0.29) is 5.56 Å². The summed E-state index contributed by atoms with van der Waals surface area (Å²) >= 11 is 0. The normalized spacial score (nSPS) is 16.0. The Balaban J connectivity index is 1.60. The second-order valence-electron chi connectivity index (χ2n) is 7.16. The van der Waals surface area contributed by atoms with Crippen LogP contribution in [0.3, 0.4) is 0 Å². The molecule has 0 saturated heterocycles. The first-order chi connectivity index (χ1) is 14.7. The molecule has 0 bridgehead atoms. The molecule has 1 amide bonds. The number of alkyl halides is 3. The van der Waals surface area contributed by atoms with Gasteiger partial charge in [0, 0.05) is 29.9 Å². The first-order valence-electron chi connectivity index (χ1n) is 9.51. The van der Waals surface area contributed by atoms with Crippen LogP contribution in [0.4, 0.5) is 17.6 Å². The summed E-state index contributed by atoms with van der Waals surface area (Å²) in [6, 6.07) is 6.65. The molecule has 31 heavy (non-hydrogen) atoms. The second-order valence-corrected chi connectivity index (χ2v) is 7.16. The monoisotopic (exact) mass is 434 g/mol. The zero-order chi connectivity index (χ0) is 22.2. The molecule has 1 aromatic carbocycles. The van der Waals surface area contributed by atoms with Gasteiger partial charge in [0.15, 0.2) is 0 Å². The van der Waals surface area contributed by atoms with Gasteiger partial charge in [0.1, 0.15) is 5.82 Å². The Morgan fingerprint density at radius 1 is 1.23 bits per heavy atom. The fraction of sp³-hybridized carbons (Fsp3) is 0.286. The molecule has 0 unspecified atom stereocenters. The second kappa shape index (κ2) is 8.01. The molecule has 0 saturated carbocycles. The average Bonchev–Trinajstić information content (AvgIpc) is 3.18. The minimum atomic E-state index is -4.75. The average molecular weight is 434 g/mol. The number of pyridine rings is 1. The van der Waals surface area contributed by atoms with Crippen molar-refractivity contribution in [3.63, 3.8) is 0 Å². The number of ether oxygens (including phenoxy) is 1. The van der Waals surface area contributed by atoms with Crippen LogP contribution in [0, 0.1) is 5.82 Å². The lowest BCUT2D eigenvalue weighted by molar-refractivity contribution is -0.137. The Hall–Kier alpha value is -3.43. The van der Waals surface area contributed by atoms with Crippen LogP contribution in [0.5, 0.6) is 5.88 Å². The zero-order valence-electron chi connectivity index (χ0n) is 16.4. The van der Waals surface area contributed by atoms with Crippen LogP contribution in [-0.4, -0.2) is 27.8 Å². The van der Waals surface area contributed by atoms with Gasteiger partial charge in [0.05, 0.1) is 30.1 Å². The van der Waals surface area contributed by atoms with Crippen LogP contribution >= 0.6 is 0 Å². The van der Waals surface area contributed by atoms with E-state index in [0.29, 0.717) is 36.7 Å². The highest BCUT2D eigenvalue weighted by Crippen LogP contribution is 2.32. The predicted molar refractivity (Wildman–Crippen MR) is 103 cm³/mol. The predicted octanol–water partition coefficient (Wildman–Crippen LogP) is 4.38. The van der Waals surface area contributed by atoms with E-state index >= 15 is 0 Å². The fourth-order valence-corrected chi connectivity index (χ4v) is 3.58. The van der Waals surface area contributed by atoms with Crippen molar-refractivity contribution in [3.8, 4) is 17.1 Å². The molecule has 4 rings (SSSR count). The fourth-order valence-electron chi connectivity index (χ4n) is 3.58. The van der Waals surface area contributed by atoms with E-state index in [4.69, 9.17) is 4.74 Å². The molecule has 0 fully saturated rings. The van der Waals surface area contributed by atoms with Crippen LogP contribution in [0.2, 0.25) is 0 Å². The first-order valence-corrected chi connectivity index (χ1v) is 9.51. The summed E-state index contributed by atoms with van der Waals surface area (Å²) in [5.41, 5.74) is 0.557. The zero-order valence-corrected chi connectivity index (χ0v) is 16.4. The van der Waals surface area contributed by atoms with E-state index < -0.39 is 29.5 Å². The summed E-state index contributed by atoms with van der Waals surface area (Å²) in [4.78, 5) is 16.7. The Morgan fingerprint density at radius 3 is 2.77 bits per heavy atom. The molecule has 0 spiro atoms. The number of carbonyl (C=O) groups is 1. The van der Waals surface area contributed by atoms with Gasteiger partial charge in [-0.25, -0.2) is 9.37 Å². The first kappa shape index (κ1) is 20.8. The number of benzene rings is 1. The summed E-state index contributed by atoms with van der Waals surface area (Å²) in [5, 5.41) is 7.27. The molecule has 6 nitrogen and oxygen atoms in total. The van der Waals surface area contributed by atoms with Crippen molar-refractivity contribution in [3.05, 3.63) is 65.2 Å². The maximum Gasteiger partial charge on any atom is 0.416 e. The van der Waals surface area contributed by atoms with Crippen LogP contribution in [0.1, 0.15) is 40.5 Å². The molecule has 0 aliphatic carbocycles. The standard InChI is InChI=1S/C21H18F4N4O2/c1-31-19-9-12(4-5-26-19)17-11-18-16(3-2-6-29(18)28-17)27-20(30)13-7-14(21(23,24)25)10-15(22)8-13/h4-5,7-11,16H,2-3,6H2,1H3,(H,27,30)/t16-/m1/s1. The number of amides is 1. The van der Waals surface area contributed by atoms with Crippen LogP contribution in [0.15, 0.2) is 42.6 Å². The maximum atomic E-state index is 13.7. The van der Waals surface area contributed by atoms with Crippen molar-refractivity contribution in [1.29, 1.82) is 0 Å². The van der Waals surface area contributed by atoms with E-state index in [0.717, 1.165) is 23.7 Å². The minimum Gasteiger partial charge on any atom is -0.481 e. The van der Waals surface area contributed by atoms with Gasteiger partial charge in [-0.15, -0.1) is 0 Å². The van der Waals surface area contributed by atoms with Gasteiger partial charge in [-0.05, 0) is 43.2 Å². The summed E-state index contributed by atoms with van der Waals surface area (Å²) < 4.78 is 59.4. The Kier molecular flexibility index (Phi) is 5.38. The molecule has 3 aromatic rings. The van der Waals surface area contributed by atoms with Gasteiger partial charge >= 0.3 is 6.18 Å². The van der Waals surface area contributed by atoms with E-state index in [1.165, 1.54) is 7.11 Å². The molecular formula is C21H18F4N4O2. The lowest BCUT2D eigenvalue weighted by Crippen LogP contribution is -2.33. The number of methoxy groups -OCH3 is 1. The molecule has 10 heteroatoms. The van der Waals surface area contributed by atoms with Gasteiger partial charge in [0.2, 0.25) is 5.88 Å². The Bertz CT molecular complexity index is 1130. The smallest absolute Gasteiger partial charge is 0.416 e. The van der Waals surface area contributed by atoms with Crippen LogP contribution < -0.4 is 10.1 Å². The van der Waals surface area contributed by atoms with Crippen molar-refractivity contribution < 1.29 is 27.1 Å². The highest BCUT2D eigenvalue weighted by Gasteiger charge is 2.32. The van der Waals surface area contributed by atoms with Crippen molar-refractivity contribution >= 4 is 5.91 Å². The number of carbonyl (C=O) groups excluding carboxylic acids is 1. The largest absolute Gasteiger partial charge is 0.481 e. The number of nitrogens with one attached hydrogen (secondary N) is 1. The summed E-state index contributed by atoms with van der Waals surface area (Å²) in [7, 11) is 1.51. The molecule has 1 aliphatic rings. The summed E-state index contributed by atoms with van der Waals surface area (Å²) in [6.07, 6.45) is -1.86. The van der Waals surface area contributed by atoms with Gasteiger partial charge in [0.25, 0.3) is 5.91 Å². The van der Waals surface area contributed by atoms with Gasteiger partial charge < -0.3 is 10.1 Å². The number of rotatable bonds is 4. The molecule has 1 N–H and O–H groups in total. The molecule has 3 heterocycles. The van der Waals surface area contributed by atoms with E-state index in [9.17, 15) is 22.4 Å². The van der Waals surface area contributed by atoms with Crippen molar-refractivity contribution in [2.24, 2.45) is 0 Å². The number of fused-ring (bicyclic) bond motifs is 1. The number of hydrogen-bond donors (Lipinski definition) is 1. The van der Waals surface area contributed by atoms with Crippen molar-refractivity contribution in [1.82, 2.24) is 20.1 Å². The number of hydrogen-bond acceptors (Lipinski definition) is 4. The SMILES string of the molecule is COc1cc(-c2cc3n(n2)CCC[C@H]3NC(=O)c2cc(F)cc(C(F)(F)F)c2)ccn1. The quantitative estimate of drug-likeness (QED) is 0.619. The molecular weight excluding hydrogens is 416 g/mol. The van der Waals surface area contributed by atoms with Gasteiger partial charge in [-0.1, -0.05) is 0 Å². The molecule has 0 radical (unpaired) electrons. The molecule has 2 aromatic heterocycles. The third-order valence-electron chi connectivity index (χ3n) is 5.06. The highest BCUT2D eigenvalue weighted by molar-refractivity contribution is 5.94. The third-order valence-corrected chi connectivity index (χ3v) is 5.06. The van der Waals surface area contributed by atoms with Crippen LogP contribution in [0.25, 0.3) is 11.3 Å². The van der Waals surface area contributed by atoms with E-state index in [1.54, 1.807) is 23.0 Å². The van der Waals surface area contributed by atoms with Crippen molar-refractivity contribution in [2.75, 3.05) is 7.11 Å². The highest BCUT2D eigenvalue weighted by atomic mass is 19.4. The van der Waals surface area contributed by atoms with E-state index in [1.807, 2.05) is 6.07 Å². The lowest BCUT2D eigenvalue weighted by atomic mass is 10.0. The van der Waals surface area contributed by atoms with Crippen LogP contribution in [-0.2, 0) is 12.7 Å².